The Balaban J connectivity index is 1.64. The maximum Gasteiger partial charge on any atom is 0.410 e. The molecule has 0 aromatic carbocycles. The molecule has 0 bridgehead atoms. The molecule has 3 amide bonds. The van der Waals surface area contributed by atoms with Gasteiger partial charge in [-0.1, -0.05) is 0 Å². The summed E-state index contributed by atoms with van der Waals surface area (Å²) >= 11 is 0. The van der Waals surface area contributed by atoms with Crippen LogP contribution in [0.5, 0.6) is 0 Å². The smallest absolute Gasteiger partial charge is 0.410 e. The van der Waals surface area contributed by atoms with Crippen LogP contribution in [-0.4, -0.2) is 54.6 Å². The van der Waals surface area contributed by atoms with Crippen molar-refractivity contribution in [1.82, 2.24) is 15.5 Å². The van der Waals surface area contributed by atoms with Crippen LogP contribution >= 0.6 is 0 Å². The Morgan fingerprint density at radius 3 is 2.42 bits per heavy atom. The molecule has 1 aromatic heterocycles. The quantitative estimate of drug-likeness (QED) is 0.775. The van der Waals surface area contributed by atoms with Crippen molar-refractivity contribution < 1.29 is 23.5 Å². The number of likely N-dealkylation sites (tertiary alicyclic amines) is 1. The second kappa shape index (κ2) is 8.73. The van der Waals surface area contributed by atoms with E-state index in [4.69, 9.17) is 9.15 Å². The third kappa shape index (κ3) is 6.09. The average Bonchev–Trinajstić information content (AvgIpc) is 3.11. The molecule has 1 aliphatic rings. The van der Waals surface area contributed by atoms with E-state index in [1.54, 1.807) is 17.0 Å². The van der Waals surface area contributed by atoms with Crippen LogP contribution in [0.3, 0.4) is 0 Å². The van der Waals surface area contributed by atoms with Crippen molar-refractivity contribution in [1.29, 1.82) is 0 Å². The van der Waals surface area contributed by atoms with Gasteiger partial charge in [0.05, 0.1) is 6.26 Å². The zero-order valence-corrected chi connectivity index (χ0v) is 15.5. The highest BCUT2D eigenvalue weighted by molar-refractivity contribution is 5.91. The Bertz CT molecular complexity index is 613. The van der Waals surface area contributed by atoms with Gasteiger partial charge in [0, 0.05) is 32.1 Å². The SMILES string of the molecule is CC(C)(C)OC(=O)N1CCC(C(=O)NCCNC(=O)c2ccco2)CC1. The Labute approximate surface area is 153 Å². The summed E-state index contributed by atoms with van der Waals surface area (Å²) in [4.78, 5) is 37.5. The predicted octanol–water partition coefficient (Wildman–Crippen LogP) is 1.77. The van der Waals surface area contributed by atoms with Gasteiger partial charge < -0.3 is 24.7 Å². The van der Waals surface area contributed by atoms with Crippen LogP contribution in [0.15, 0.2) is 22.8 Å². The van der Waals surface area contributed by atoms with E-state index in [-0.39, 0.29) is 29.6 Å². The van der Waals surface area contributed by atoms with Crippen molar-refractivity contribution >= 4 is 17.9 Å². The monoisotopic (exact) mass is 365 g/mol. The summed E-state index contributed by atoms with van der Waals surface area (Å²) in [5.41, 5.74) is -0.522. The lowest BCUT2D eigenvalue weighted by Crippen LogP contribution is -2.45. The molecular formula is C18H27N3O5. The number of ether oxygens (including phenoxy) is 1. The number of piperidine rings is 1. The molecule has 2 heterocycles. The summed E-state index contributed by atoms with van der Waals surface area (Å²) in [5.74, 6) is -0.253. The van der Waals surface area contributed by atoms with E-state index in [2.05, 4.69) is 10.6 Å². The summed E-state index contributed by atoms with van der Waals surface area (Å²) in [5, 5.41) is 5.49. The highest BCUT2D eigenvalue weighted by Gasteiger charge is 2.29. The molecule has 1 aliphatic heterocycles. The van der Waals surface area contributed by atoms with Crippen molar-refractivity contribution in [2.75, 3.05) is 26.2 Å². The molecule has 0 atom stereocenters. The standard InChI is InChI=1S/C18H27N3O5/c1-18(2,3)26-17(24)21-10-6-13(7-11-21)15(22)19-8-9-20-16(23)14-5-4-12-25-14/h4-5,12-13H,6-11H2,1-3H3,(H,19,22)(H,20,23). The van der Waals surface area contributed by atoms with Crippen LogP contribution in [0.25, 0.3) is 0 Å². The Morgan fingerprint density at radius 2 is 1.85 bits per heavy atom. The van der Waals surface area contributed by atoms with Crippen molar-refractivity contribution in [3.8, 4) is 0 Å². The van der Waals surface area contributed by atoms with Crippen LogP contribution in [0, 0.1) is 5.92 Å². The van der Waals surface area contributed by atoms with Gasteiger partial charge in [-0.2, -0.15) is 0 Å². The van der Waals surface area contributed by atoms with Gasteiger partial charge in [-0.05, 0) is 45.7 Å². The van der Waals surface area contributed by atoms with Crippen LogP contribution in [0.2, 0.25) is 0 Å². The first-order valence-corrected chi connectivity index (χ1v) is 8.83. The number of hydrogen-bond donors (Lipinski definition) is 2. The fourth-order valence-corrected chi connectivity index (χ4v) is 2.65. The van der Waals surface area contributed by atoms with Gasteiger partial charge in [0.2, 0.25) is 5.91 Å². The van der Waals surface area contributed by atoms with E-state index >= 15 is 0 Å². The first-order chi connectivity index (χ1) is 12.3. The van der Waals surface area contributed by atoms with Crippen molar-refractivity contribution in [2.45, 2.75) is 39.2 Å². The van der Waals surface area contributed by atoms with Gasteiger partial charge >= 0.3 is 6.09 Å². The van der Waals surface area contributed by atoms with Crippen LogP contribution in [0.4, 0.5) is 4.79 Å². The number of rotatable bonds is 5. The molecule has 0 saturated carbocycles. The van der Waals surface area contributed by atoms with Crippen LogP contribution in [0.1, 0.15) is 44.2 Å². The molecule has 8 heteroatoms. The molecule has 144 valence electrons. The summed E-state index contributed by atoms with van der Waals surface area (Å²) in [6, 6.07) is 3.21. The minimum absolute atomic E-state index is 0.0545. The maximum atomic E-state index is 12.2. The van der Waals surface area contributed by atoms with E-state index in [1.165, 1.54) is 6.26 Å². The van der Waals surface area contributed by atoms with Crippen molar-refractivity contribution in [3.63, 3.8) is 0 Å². The normalized spacial score (nSPS) is 15.4. The summed E-state index contributed by atoms with van der Waals surface area (Å²) < 4.78 is 10.3. The second-order valence-corrected chi connectivity index (χ2v) is 7.27. The lowest BCUT2D eigenvalue weighted by molar-refractivity contribution is -0.126. The Hall–Kier alpha value is -2.51. The van der Waals surface area contributed by atoms with Crippen LogP contribution in [-0.2, 0) is 9.53 Å². The third-order valence-corrected chi connectivity index (χ3v) is 3.97. The number of amides is 3. The molecule has 0 radical (unpaired) electrons. The first-order valence-electron chi connectivity index (χ1n) is 8.83. The zero-order chi connectivity index (χ0) is 19.2. The Morgan fingerprint density at radius 1 is 1.19 bits per heavy atom. The van der Waals surface area contributed by atoms with E-state index < -0.39 is 5.60 Å². The van der Waals surface area contributed by atoms with E-state index in [0.29, 0.717) is 39.0 Å². The van der Waals surface area contributed by atoms with Gasteiger partial charge in [0.15, 0.2) is 5.76 Å². The van der Waals surface area contributed by atoms with Crippen molar-refractivity contribution in [3.05, 3.63) is 24.2 Å². The number of carbonyl (C=O) groups is 3. The summed E-state index contributed by atoms with van der Waals surface area (Å²) in [7, 11) is 0. The molecular weight excluding hydrogens is 338 g/mol. The van der Waals surface area contributed by atoms with Gasteiger partial charge in [-0.15, -0.1) is 0 Å². The van der Waals surface area contributed by atoms with Gasteiger partial charge in [-0.25, -0.2) is 4.79 Å². The Kier molecular flexibility index (Phi) is 6.65. The molecule has 0 spiro atoms. The molecule has 1 saturated heterocycles. The first kappa shape index (κ1) is 19.8. The molecule has 0 aliphatic carbocycles. The zero-order valence-electron chi connectivity index (χ0n) is 15.5. The lowest BCUT2D eigenvalue weighted by atomic mass is 9.96. The topological polar surface area (TPSA) is 101 Å². The maximum absolute atomic E-state index is 12.2. The number of nitrogens with one attached hydrogen (secondary N) is 2. The van der Waals surface area contributed by atoms with Gasteiger partial charge in [0.25, 0.3) is 5.91 Å². The molecule has 0 unspecified atom stereocenters. The largest absolute Gasteiger partial charge is 0.459 e. The van der Waals surface area contributed by atoms with Gasteiger partial charge in [-0.3, -0.25) is 9.59 Å². The second-order valence-electron chi connectivity index (χ2n) is 7.27. The molecule has 1 fully saturated rings. The van der Waals surface area contributed by atoms with Gasteiger partial charge in [0.1, 0.15) is 5.60 Å². The molecule has 8 nitrogen and oxygen atoms in total. The third-order valence-electron chi connectivity index (χ3n) is 3.97. The molecule has 2 rings (SSSR count). The number of furan rings is 1. The van der Waals surface area contributed by atoms with Crippen LogP contribution < -0.4 is 10.6 Å². The minimum atomic E-state index is -0.522. The predicted molar refractivity (Wildman–Crippen MR) is 94.6 cm³/mol. The van der Waals surface area contributed by atoms with Crippen molar-refractivity contribution in [2.24, 2.45) is 5.92 Å². The fourth-order valence-electron chi connectivity index (χ4n) is 2.65. The number of nitrogens with zero attached hydrogens (tertiary/aromatic N) is 1. The molecule has 1 aromatic rings. The van der Waals surface area contributed by atoms with E-state index in [0.717, 1.165) is 0 Å². The highest BCUT2D eigenvalue weighted by atomic mass is 16.6. The molecule has 2 N–H and O–H groups in total. The number of hydrogen-bond acceptors (Lipinski definition) is 5. The minimum Gasteiger partial charge on any atom is -0.459 e. The summed E-state index contributed by atoms with van der Waals surface area (Å²) in [6.45, 7) is 7.16. The van der Waals surface area contributed by atoms with E-state index in [1.807, 2.05) is 20.8 Å². The average molecular weight is 365 g/mol. The molecule has 26 heavy (non-hydrogen) atoms. The highest BCUT2D eigenvalue weighted by Crippen LogP contribution is 2.19. The number of carbonyl (C=O) groups excluding carboxylic acids is 3. The summed E-state index contributed by atoms with van der Waals surface area (Å²) in [6.07, 6.45) is 2.30. The van der Waals surface area contributed by atoms with E-state index in [9.17, 15) is 14.4 Å². The fraction of sp³-hybridized carbons (Fsp3) is 0.611. The lowest BCUT2D eigenvalue weighted by Gasteiger charge is -2.32.